The molecule has 0 bridgehead atoms. The van der Waals surface area contributed by atoms with Gasteiger partial charge in [0.2, 0.25) is 10.2 Å². The fraction of sp³-hybridized carbons (Fsp3) is 0.292. The molecule has 4 rings (SSSR count). The first-order chi connectivity index (χ1) is 19.6. The standard InChI is InChI=1S/C24H25FN6O8S2/c25-6-7-38-17-3-1-2-15(8-17)12-37-14-20(23(33)34)27-22(32)11-31-10-16(29-30-31)13-39-18-4-5-19-21(9-18)40-24(28-19)41(26,35)36/h1-5,8-10,20H,6-7,11-14H2,(H,27,32)(H,33,34)(H2,26,35,36)/t20-/m0/s1. The predicted octanol–water partition coefficient (Wildman–Crippen LogP) is 1.25. The molecule has 0 aliphatic heterocycles. The summed E-state index contributed by atoms with van der Waals surface area (Å²) in [6.45, 7) is -1.23. The highest BCUT2D eigenvalue weighted by molar-refractivity contribution is 7.91. The number of amides is 1. The van der Waals surface area contributed by atoms with Crippen molar-refractivity contribution in [2.45, 2.75) is 30.1 Å². The van der Waals surface area contributed by atoms with E-state index in [1.165, 1.54) is 10.9 Å². The normalized spacial score (nSPS) is 12.2. The monoisotopic (exact) mass is 608 g/mol. The van der Waals surface area contributed by atoms with Crippen LogP contribution in [0.15, 0.2) is 53.0 Å². The number of aliphatic carboxylic acids is 1. The number of carboxylic acids is 1. The molecule has 2 heterocycles. The van der Waals surface area contributed by atoms with Crippen molar-refractivity contribution >= 4 is 43.5 Å². The average molecular weight is 609 g/mol. The van der Waals surface area contributed by atoms with Crippen LogP contribution in [0.5, 0.6) is 11.5 Å². The van der Waals surface area contributed by atoms with E-state index in [1.54, 1.807) is 42.5 Å². The zero-order valence-electron chi connectivity index (χ0n) is 21.3. The second-order valence-corrected chi connectivity index (χ2v) is 11.3. The number of thiazole rings is 1. The number of benzene rings is 2. The van der Waals surface area contributed by atoms with Crippen LogP contribution in [0.25, 0.3) is 10.2 Å². The lowest BCUT2D eigenvalue weighted by molar-refractivity contribution is -0.144. The van der Waals surface area contributed by atoms with Gasteiger partial charge in [-0.25, -0.2) is 32.4 Å². The quantitative estimate of drug-likeness (QED) is 0.176. The van der Waals surface area contributed by atoms with Crippen LogP contribution in [-0.4, -0.2) is 71.3 Å². The van der Waals surface area contributed by atoms with Crippen molar-refractivity contribution in [3.05, 3.63) is 59.9 Å². The molecule has 218 valence electrons. The van der Waals surface area contributed by atoms with Gasteiger partial charge < -0.3 is 24.6 Å². The van der Waals surface area contributed by atoms with Gasteiger partial charge in [0, 0.05) is 0 Å². The number of ether oxygens (including phenoxy) is 3. The van der Waals surface area contributed by atoms with Crippen LogP contribution in [0.2, 0.25) is 0 Å². The van der Waals surface area contributed by atoms with Crippen LogP contribution in [0.1, 0.15) is 11.3 Å². The van der Waals surface area contributed by atoms with E-state index in [1.807, 2.05) is 0 Å². The lowest BCUT2D eigenvalue weighted by Gasteiger charge is -2.15. The molecule has 0 saturated heterocycles. The van der Waals surface area contributed by atoms with Crippen molar-refractivity contribution in [3.63, 3.8) is 0 Å². The number of fused-ring (bicyclic) bond motifs is 1. The van der Waals surface area contributed by atoms with Gasteiger partial charge in [0.15, 0.2) is 6.04 Å². The number of nitrogens with zero attached hydrogens (tertiary/aromatic N) is 4. The van der Waals surface area contributed by atoms with E-state index in [-0.39, 0.29) is 37.3 Å². The van der Waals surface area contributed by atoms with Gasteiger partial charge in [0.05, 0.1) is 29.6 Å². The molecule has 2 aromatic carbocycles. The lowest BCUT2D eigenvalue weighted by atomic mass is 10.2. The van der Waals surface area contributed by atoms with E-state index in [9.17, 15) is 27.5 Å². The Bertz CT molecular complexity index is 1630. The average Bonchev–Trinajstić information content (AvgIpc) is 3.57. The largest absolute Gasteiger partial charge is 0.491 e. The number of hydrogen-bond acceptors (Lipinski definition) is 11. The Morgan fingerprint density at radius 3 is 2.71 bits per heavy atom. The maximum atomic E-state index is 12.4. The smallest absolute Gasteiger partial charge is 0.328 e. The minimum atomic E-state index is -3.91. The van der Waals surface area contributed by atoms with Crippen molar-refractivity contribution in [1.29, 1.82) is 0 Å². The number of aromatic nitrogens is 4. The number of nitrogens with two attached hydrogens (primary N) is 1. The van der Waals surface area contributed by atoms with Gasteiger partial charge in [0.25, 0.3) is 10.0 Å². The van der Waals surface area contributed by atoms with E-state index in [4.69, 9.17) is 19.3 Å². The van der Waals surface area contributed by atoms with E-state index < -0.39 is 34.6 Å². The first-order valence-corrected chi connectivity index (χ1v) is 14.3. The molecule has 2 aromatic heterocycles. The SMILES string of the molecule is NS(=O)(=O)c1nc2ccc(OCc3cn(CC(=O)N[C@@H](COCc4cccc(OCCF)c4)C(=O)O)nn3)cc2s1. The first-order valence-electron chi connectivity index (χ1n) is 11.9. The fourth-order valence-electron chi connectivity index (χ4n) is 3.47. The Hall–Kier alpha value is -4.19. The molecule has 0 unspecified atom stereocenters. The number of nitrogens with one attached hydrogen (secondary N) is 1. The molecule has 1 amide bonds. The number of sulfonamides is 1. The molecule has 0 fully saturated rings. The molecule has 4 N–H and O–H groups in total. The van der Waals surface area contributed by atoms with Gasteiger partial charge in [-0.3, -0.25) is 4.79 Å². The number of carbonyl (C=O) groups excluding carboxylic acids is 1. The molecule has 0 radical (unpaired) electrons. The number of hydrogen-bond donors (Lipinski definition) is 3. The molecule has 14 nitrogen and oxygen atoms in total. The molecule has 0 aliphatic rings. The number of alkyl halides is 1. The molecular formula is C24H25FN6O8S2. The second kappa shape index (κ2) is 13.4. The zero-order valence-corrected chi connectivity index (χ0v) is 22.9. The van der Waals surface area contributed by atoms with Crippen LogP contribution in [0.3, 0.4) is 0 Å². The molecular weight excluding hydrogens is 583 g/mol. The predicted molar refractivity (Wildman–Crippen MR) is 142 cm³/mol. The number of rotatable bonds is 15. The zero-order chi connectivity index (χ0) is 29.4. The summed E-state index contributed by atoms with van der Waals surface area (Å²) >= 11 is 0.917. The van der Waals surface area contributed by atoms with E-state index in [2.05, 4.69) is 20.6 Å². The topological polar surface area (TPSA) is 198 Å². The summed E-state index contributed by atoms with van der Waals surface area (Å²) in [6, 6.07) is 10.3. The van der Waals surface area contributed by atoms with Crippen molar-refractivity contribution in [3.8, 4) is 11.5 Å². The molecule has 0 saturated carbocycles. The summed E-state index contributed by atoms with van der Waals surface area (Å²) in [7, 11) is -3.91. The maximum Gasteiger partial charge on any atom is 0.328 e. The Balaban J connectivity index is 1.25. The molecule has 17 heteroatoms. The molecule has 0 aliphatic carbocycles. The number of carboxylic acid groups (broad SMARTS) is 1. The van der Waals surface area contributed by atoms with E-state index in [0.717, 1.165) is 11.3 Å². The Morgan fingerprint density at radius 1 is 1.15 bits per heavy atom. The third kappa shape index (κ3) is 8.65. The summed E-state index contributed by atoms with van der Waals surface area (Å²) < 4.78 is 53.2. The summed E-state index contributed by atoms with van der Waals surface area (Å²) in [5, 5.41) is 24.8. The summed E-state index contributed by atoms with van der Waals surface area (Å²) in [6.07, 6.45) is 1.47. The van der Waals surface area contributed by atoms with Gasteiger partial charge in [-0.05, 0) is 35.9 Å². The minimum absolute atomic E-state index is 0.000414. The van der Waals surface area contributed by atoms with Crippen molar-refractivity contribution in [2.75, 3.05) is 19.9 Å². The van der Waals surface area contributed by atoms with Gasteiger partial charge in [-0.15, -0.1) is 16.4 Å². The molecule has 0 spiro atoms. The Kier molecular flexibility index (Phi) is 9.77. The Labute approximate surface area is 236 Å². The van der Waals surface area contributed by atoms with Crippen molar-refractivity contribution in [2.24, 2.45) is 5.14 Å². The van der Waals surface area contributed by atoms with Crippen LogP contribution >= 0.6 is 11.3 Å². The van der Waals surface area contributed by atoms with Crippen molar-refractivity contribution in [1.82, 2.24) is 25.3 Å². The van der Waals surface area contributed by atoms with Crippen LogP contribution in [0, 0.1) is 0 Å². The summed E-state index contributed by atoms with van der Waals surface area (Å²) in [5.74, 6) is -1.01. The Morgan fingerprint density at radius 2 is 1.95 bits per heavy atom. The number of halogens is 1. The highest BCUT2D eigenvalue weighted by atomic mass is 32.2. The lowest BCUT2D eigenvalue weighted by Crippen LogP contribution is -2.45. The highest BCUT2D eigenvalue weighted by Gasteiger charge is 2.21. The van der Waals surface area contributed by atoms with Gasteiger partial charge in [-0.1, -0.05) is 17.3 Å². The third-order valence-electron chi connectivity index (χ3n) is 5.29. The van der Waals surface area contributed by atoms with Crippen LogP contribution in [0.4, 0.5) is 4.39 Å². The third-order valence-corrected chi connectivity index (χ3v) is 7.63. The first kappa shape index (κ1) is 29.8. The van der Waals surface area contributed by atoms with Gasteiger partial charge in [0.1, 0.15) is 43.6 Å². The molecule has 1 atom stereocenters. The highest BCUT2D eigenvalue weighted by Crippen LogP contribution is 2.28. The van der Waals surface area contributed by atoms with Gasteiger partial charge >= 0.3 is 5.97 Å². The van der Waals surface area contributed by atoms with Gasteiger partial charge in [-0.2, -0.15) is 0 Å². The van der Waals surface area contributed by atoms with E-state index in [0.29, 0.717) is 33.0 Å². The van der Waals surface area contributed by atoms with Crippen LogP contribution < -0.4 is 19.9 Å². The molecule has 4 aromatic rings. The number of carbonyl (C=O) groups is 2. The summed E-state index contributed by atoms with van der Waals surface area (Å²) in [5.41, 5.74) is 1.54. The van der Waals surface area contributed by atoms with E-state index >= 15 is 0 Å². The number of primary sulfonamides is 1. The van der Waals surface area contributed by atoms with Crippen molar-refractivity contribution < 1.29 is 41.7 Å². The maximum absolute atomic E-state index is 12.4. The molecule has 41 heavy (non-hydrogen) atoms. The second-order valence-electron chi connectivity index (χ2n) is 8.51. The fourth-order valence-corrected chi connectivity index (χ4v) is 5.16. The van der Waals surface area contributed by atoms with Crippen LogP contribution in [-0.2, 0) is 44.1 Å². The minimum Gasteiger partial charge on any atom is -0.491 e. The summed E-state index contributed by atoms with van der Waals surface area (Å²) in [4.78, 5) is 28.0.